The molecule has 0 bridgehead atoms. The number of benzene rings is 1. The SMILES string of the molecule is CC(C)CC(NC(=O)c1ccc(Cl)cc1)C(=O)NCC(F)(F)F. The molecule has 1 aromatic carbocycles. The van der Waals surface area contributed by atoms with Crippen molar-refractivity contribution in [3.05, 3.63) is 34.9 Å². The summed E-state index contributed by atoms with van der Waals surface area (Å²) >= 11 is 5.72. The highest BCUT2D eigenvalue weighted by Gasteiger charge is 2.30. The van der Waals surface area contributed by atoms with E-state index in [1.807, 2.05) is 0 Å². The third-order valence-corrected chi connectivity index (χ3v) is 3.15. The fourth-order valence-corrected chi connectivity index (χ4v) is 1.98. The van der Waals surface area contributed by atoms with E-state index in [1.54, 1.807) is 19.2 Å². The quantitative estimate of drug-likeness (QED) is 0.828. The van der Waals surface area contributed by atoms with Gasteiger partial charge >= 0.3 is 6.18 Å². The minimum atomic E-state index is -4.50. The Morgan fingerprint density at radius 1 is 1.17 bits per heavy atom. The van der Waals surface area contributed by atoms with Crippen LogP contribution in [0.1, 0.15) is 30.6 Å². The van der Waals surface area contributed by atoms with Crippen molar-refractivity contribution in [2.75, 3.05) is 6.54 Å². The van der Waals surface area contributed by atoms with Gasteiger partial charge < -0.3 is 10.6 Å². The van der Waals surface area contributed by atoms with Crippen LogP contribution in [-0.2, 0) is 4.79 Å². The van der Waals surface area contributed by atoms with E-state index in [0.717, 1.165) is 0 Å². The number of hydrogen-bond donors (Lipinski definition) is 2. The number of carbonyl (C=O) groups is 2. The second-order valence-corrected chi connectivity index (χ2v) is 5.93. The summed E-state index contributed by atoms with van der Waals surface area (Å²) < 4.78 is 36.6. The summed E-state index contributed by atoms with van der Waals surface area (Å²) in [7, 11) is 0. The number of nitrogens with one attached hydrogen (secondary N) is 2. The Morgan fingerprint density at radius 3 is 2.22 bits per heavy atom. The molecule has 0 fully saturated rings. The van der Waals surface area contributed by atoms with Crippen molar-refractivity contribution in [2.24, 2.45) is 5.92 Å². The van der Waals surface area contributed by atoms with Crippen LogP contribution in [0.2, 0.25) is 5.02 Å². The second-order valence-electron chi connectivity index (χ2n) is 5.50. The van der Waals surface area contributed by atoms with Gasteiger partial charge in [0.15, 0.2) is 0 Å². The first-order valence-electron chi connectivity index (χ1n) is 6.99. The number of hydrogen-bond acceptors (Lipinski definition) is 2. The van der Waals surface area contributed by atoms with Crippen molar-refractivity contribution in [3.63, 3.8) is 0 Å². The van der Waals surface area contributed by atoms with Gasteiger partial charge in [0.05, 0.1) is 0 Å². The molecule has 1 atom stereocenters. The van der Waals surface area contributed by atoms with Crippen LogP contribution in [0.15, 0.2) is 24.3 Å². The fourth-order valence-electron chi connectivity index (χ4n) is 1.86. The molecule has 0 radical (unpaired) electrons. The molecule has 0 heterocycles. The highest BCUT2D eigenvalue weighted by Crippen LogP contribution is 2.14. The van der Waals surface area contributed by atoms with Crippen LogP contribution >= 0.6 is 11.6 Å². The molecule has 0 aliphatic heterocycles. The summed E-state index contributed by atoms with van der Waals surface area (Å²) in [5.74, 6) is -1.39. The number of amides is 2. The van der Waals surface area contributed by atoms with Crippen molar-refractivity contribution in [1.29, 1.82) is 0 Å². The van der Waals surface area contributed by atoms with Gasteiger partial charge in [-0.25, -0.2) is 0 Å². The molecule has 0 aliphatic rings. The number of alkyl halides is 3. The fraction of sp³-hybridized carbons (Fsp3) is 0.467. The molecule has 0 spiro atoms. The van der Waals surface area contributed by atoms with E-state index in [1.165, 1.54) is 24.3 Å². The van der Waals surface area contributed by atoms with Crippen molar-refractivity contribution in [3.8, 4) is 0 Å². The van der Waals surface area contributed by atoms with Gasteiger partial charge in [-0.15, -0.1) is 0 Å². The second kappa shape index (κ2) is 8.19. The zero-order valence-electron chi connectivity index (χ0n) is 12.7. The zero-order chi connectivity index (χ0) is 17.6. The number of rotatable bonds is 6. The summed E-state index contributed by atoms with van der Waals surface area (Å²) in [6, 6.07) is 4.92. The summed E-state index contributed by atoms with van der Waals surface area (Å²) in [4.78, 5) is 24.0. The third-order valence-electron chi connectivity index (χ3n) is 2.90. The Bertz CT molecular complexity index is 545. The summed E-state index contributed by atoms with van der Waals surface area (Å²) in [6.07, 6.45) is -4.28. The van der Waals surface area contributed by atoms with Crippen molar-refractivity contribution in [2.45, 2.75) is 32.5 Å². The minimum absolute atomic E-state index is 0.0159. The first kappa shape index (κ1) is 19.3. The number of carbonyl (C=O) groups excluding carboxylic acids is 2. The molecule has 0 saturated carbocycles. The summed E-state index contributed by atoms with van der Waals surface area (Å²) in [5, 5.41) is 4.70. The first-order valence-corrected chi connectivity index (χ1v) is 7.37. The minimum Gasteiger partial charge on any atom is -0.345 e. The molecule has 8 heteroatoms. The maximum Gasteiger partial charge on any atom is 0.405 e. The molecular formula is C15H18ClF3N2O2. The highest BCUT2D eigenvalue weighted by atomic mass is 35.5. The summed E-state index contributed by atoms with van der Waals surface area (Å²) in [6.45, 7) is 2.17. The van der Waals surface area contributed by atoms with Crippen molar-refractivity contribution < 1.29 is 22.8 Å². The Hall–Kier alpha value is -1.76. The lowest BCUT2D eigenvalue weighted by Crippen LogP contribution is -2.49. The molecule has 128 valence electrons. The van der Waals surface area contributed by atoms with E-state index in [0.29, 0.717) is 5.02 Å². The van der Waals surface area contributed by atoms with Crippen molar-refractivity contribution >= 4 is 23.4 Å². The largest absolute Gasteiger partial charge is 0.405 e. The predicted molar refractivity (Wildman–Crippen MR) is 81.2 cm³/mol. The van der Waals surface area contributed by atoms with E-state index in [4.69, 9.17) is 11.6 Å². The Labute approximate surface area is 137 Å². The van der Waals surface area contributed by atoms with Crippen LogP contribution in [0.5, 0.6) is 0 Å². The predicted octanol–water partition coefficient (Wildman–Crippen LogP) is 3.16. The molecule has 1 unspecified atom stereocenters. The van der Waals surface area contributed by atoms with E-state index >= 15 is 0 Å². The van der Waals surface area contributed by atoms with Crippen LogP contribution < -0.4 is 10.6 Å². The van der Waals surface area contributed by atoms with Crippen molar-refractivity contribution in [1.82, 2.24) is 10.6 Å². The molecule has 2 amide bonds. The van der Waals surface area contributed by atoms with Crippen LogP contribution in [0.25, 0.3) is 0 Å². The maximum atomic E-state index is 12.2. The molecule has 23 heavy (non-hydrogen) atoms. The van der Waals surface area contributed by atoms with Gasteiger partial charge in [-0.2, -0.15) is 13.2 Å². The molecular weight excluding hydrogens is 333 g/mol. The standard InChI is InChI=1S/C15H18ClF3N2O2/c1-9(2)7-12(14(23)20-8-15(17,18)19)21-13(22)10-3-5-11(16)6-4-10/h3-6,9,12H,7-8H2,1-2H3,(H,20,23)(H,21,22). The molecule has 0 saturated heterocycles. The van der Waals surface area contributed by atoms with Gasteiger partial charge in [0, 0.05) is 10.6 Å². The van der Waals surface area contributed by atoms with E-state index in [-0.39, 0.29) is 17.9 Å². The maximum absolute atomic E-state index is 12.2. The van der Waals surface area contributed by atoms with Gasteiger partial charge in [-0.05, 0) is 36.6 Å². The van der Waals surface area contributed by atoms with Crippen LogP contribution in [0, 0.1) is 5.92 Å². The average molecular weight is 351 g/mol. The summed E-state index contributed by atoms with van der Waals surface area (Å²) in [5.41, 5.74) is 0.270. The highest BCUT2D eigenvalue weighted by molar-refractivity contribution is 6.30. The lowest BCUT2D eigenvalue weighted by atomic mass is 10.0. The normalized spacial score (nSPS) is 12.8. The lowest BCUT2D eigenvalue weighted by molar-refractivity contribution is -0.139. The van der Waals surface area contributed by atoms with Gasteiger partial charge in [0.1, 0.15) is 12.6 Å². The van der Waals surface area contributed by atoms with E-state index in [2.05, 4.69) is 5.32 Å². The average Bonchev–Trinajstić information content (AvgIpc) is 2.43. The van der Waals surface area contributed by atoms with Crippen LogP contribution in [0.3, 0.4) is 0 Å². The van der Waals surface area contributed by atoms with Gasteiger partial charge in [-0.1, -0.05) is 25.4 Å². The topological polar surface area (TPSA) is 58.2 Å². The van der Waals surface area contributed by atoms with E-state index in [9.17, 15) is 22.8 Å². The molecule has 2 N–H and O–H groups in total. The lowest BCUT2D eigenvalue weighted by Gasteiger charge is -2.20. The van der Waals surface area contributed by atoms with Gasteiger partial charge in [0.2, 0.25) is 5.91 Å². The Kier molecular flexibility index (Phi) is 6.87. The molecule has 4 nitrogen and oxygen atoms in total. The van der Waals surface area contributed by atoms with E-state index < -0.39 is 30.6 Å². The van der Waals surface area contributed by atoms with Crippen LogP contribution in [0.4, 0.5) is 13.2 Å². The zero-order valence-corrected chi connectivity index (χ0v) is 13.5. The monoisotopic (exact) mass is 350 g/mol. The van der Waals surface area contributed by atoms with Gasteiger partial charge in [0.25, 0.3) is 5.91 Å². The molecule has 0 aromatic heterocycles. The Balaban J connectivity index is 2.75. The smallest absolute Gasteiger partial charge is 0.345 e. The molecule has 0 aliphatic carbocycles. The van der Waals surface area contributed by atoms with Crippen LogP contribution in [-0.4, -0.2) is 30.6 Å². The molecule has 1 aromatic rings. The Morgan fingerprint density at radius 2 is 1.74 bits per heavy atom. The third kappa shape index (κ3) is 7.36. The number of halogens is 4. The first-order chi connectivity index (χ1) is 10.6. The molecule has 1 rings (SSSR count). The van der Waals surface area contributed by atoms with Gasteiger partial charge in [-0.3, -0.25) is 9.59 Å².